The van der Waals surface area contributed by atoms with Gasteiger partial charge in [0.2, 0.25) is 0 Å². The van der Waals surface area contributed by atoms with Crippen molar-refractivity contribution in [2.45, 2.75) is 13.5 Å². The molecule has 0 atom stereocenters. The maximum Gasteiger partial charge on any atom is 0.340 e. The Balaban J connectivity index is 2.84. The SMILES string of the molecule is Cc1c(Cl)c(Cl)c2c(c1Cl)C(=O)OC2. The Labute approximate surface area is 95.7 Å². The molecule has 1 aromatic carbocycles. The van der Waals surface area contributed by atoms with Gasteiger partial charge in [0.1, 0.15) is 6.61 Å². The van der Waals surface area contributed by atoms with Gasteiger partial charge in [0.05, 0.1) is 20.6 Å². The first-order chi connectivity index (χ1) is 6.54. The molecule has 0 bridgehead atoms. The van der Waals surface area contributed by atoms with Gasteiger partial charge in [-0.1, -0.05) is 34.8 Å². The first-order valence-electron chi connectivity index (χ1n) is 3.87. The third-order valence-corrected chi connectivity index (χ3v) is 3.65. The molecule has 1 aliphatic heterocycles. The molecule has 1 heterocycles. The molecule has 0 amide bonds. The highest BCUT2D eigenvalue weighted by molar-refractivity contribution is 6.45. The molecule has 0 aliphatic carbocycles. The Morgan fingerprint density at radius 2 is 1.79 bits per heavy atom. The van der Waals surface area contributed by atoms with E-state index >= 15 is 0 Å². The van der Waals surface area contributed by atoms with Gasteiger partial charge < -0.3 is 4.74 Å². The van der Waals surface area contributed by atoms with Crippen molar-refractivity contribution in [3.05, 3.63) is 31.8 Å². The van der Waals surface area contributed by atoms with Crippen molar-refractivity contribution in [2.75, 3.05) is 0 Å². The summed E-state index contributed by atoms with van der Waals surface area (Å²) in [6.07, 6.45) is 0. The van der Waals surface area contributed by atoms with E-state index in [2.05, 4.69) is 0 Å². The summed E-state index contributed by atoms with van der Waals surface area (Å²) in [5.74, 6) is -0.438. The van der Waals surface area contributed by atoms with Crippen LogP contribution in [-0.4, -0.2) is 5.97 Å². The molecule has 0 N–H and O–H groups in total. The highest BCUT2D eigenvalue weighted by atomic mass is 35.5. The van der Waals surface area contributed by atoms with Crippen LogP contribution in [0.25, 0.3) is 0 Å². The summed E-state index contributed by atoms with van der Waals surface area (Å²) in [5, 5.41) is 1.07. The van der Waals surface area contributed by atoms with E-state index in [-0.39, 0.29) is 6.61 Å². The molecule has 5 heteroatoms. The monoisotopic (exact) mass is 250 g/mol. The average molecular weight is 251 g/mol. The molecule has 0 aromatic heterocycles. The van der Waals surface area contributed by atoms with Crippen LogP contribution in [0.3, 0.4) is 0 Å². The highest BCUT2D eigenvalue weighted by Gasteiger charge is 2.30. The molecule has 0 fully saturated rings. The van der Waals surface area contributed by atoms with Crippen molar-refractivity contribution >= 4 is 40.8 Å². The zero-order valence-corrected chi connectivity index (χ0v) is 9.43. The zero-order chi connectivity index (χ0) is 10.5. The number of carbonyl (C=O) groups excluding carboxylic acids is 1. The van der Waals surface area contributed by atoms with Gasteiger partial charge in [0.25, 0.3) is 0 Å². The summed E-state index contributed by atoms with van der Waals surface area (Å²) in [4.78, 5) is 11.3. The number of carbonyl (C=O) groups is 1. The fraction of sp³-hybridized carbons (Fsp3) is 0.222. The molecule has 0 radical (unpaired) electrons. The van der Waals surface area contributed by atoms with Gasteiger partial charge in [0.15, 0.2) is 0 Å². The van der Waals surface area contributed by atoms with E-state index in [4.69, 9.17) is 39.5 Å². The first-order valence-corrected chi connectivity index (χ1v) is 5.00. The average Bonchev–Trinajstić information content (AvgIpc) is 2.54. The molecule has 2 nitrogen and oxygen atoms in total. The summed E-state index contributed by atoms with van der Waals surface area (Å²) in [7, 11) is 0. The standard InChI is InChI=1S/C9H5Cl3O2/c1-3-6(10)5-4(2-14-9(5)13)8(12)7(3)11/h2H2,1H3. The minimum Gasteiger partial charge on any atom is -0.457 e. The predicted octanol–water partition coefficient (Wildman–Crippen LogP) is 3.63. The lowest BCUT2D eigenvalue weighted by molar-refractivity contribution is 0.0535. The maximum atomic E-state index is 11.3. The lowest BCUT2D eigenvalue weighted by Gasteiger charge is -2.07. The second kappa shape index (κ2) is 3.30. The van der Waals surface area contributed by atoms with E-state index in [0.717, 1.165) is 0 Å². The predicted molar refractivity (Wildman–Crippen MR) is 55.3 cm³/mol. The molecule has 74 valence electrons. The quantitative estimate of drug-likeness (QED) is 0.520. The molecule has 0 saturated carbocycles. The van der Waals surface area contributed by atoms with Gasteiger partial charge in [0, 0.05) is 5.56 Å². The topological polar surface area (TPSA) is 26.3 Å². The van der Waals surface area contributed by atoms with Gasteiger partial charge in [-0.3, -0.25) is 0 Å². The number of ether oxygens (including phenoxy) is 1. The number of fused-ring (bicyclic) bond motifs is 1. The van der Waals surface area contributed by atoms with Gasteiger partial charge in [-0.2, -0.15) is 0 Å². The smallest absolute Gasteiger partial charge is 0.340 e. The van der Waals surface area contributed by atoms with Gasteiger partial charge >= 0.3 is 5.97 Å². The number of benzene rings is 1. The van der Waals surface area contributed by atoms with Crippen molar-refractivity contribution in [1.29, 1.82) is 0 Å². The van der Waals surface area contributed by atoms with E-state index in [0.29, 0.717) is 31.8 Å². The van der Waals surface area contributed by atoms with E-state index in [1.165, 1.54) is 0 Å². The van der Waals surface area contributed by atoms with Crippen LogP contribution in [0.2, 0.25) is 15.1 Å². The van der Waals surface area contributed by atoms with Crippen molar-refractivity contribution < 1.29 is 9.53 Å². The van der Waals surface area contributed by atoms with Crippen LogP contribution in [0.5, 0.6) is 0 Å². The molecule has 14 heavy (non-hydrogen) atoms. The normalized spacial score (nSPS) is 14.1. The zero-order valence-electron chi connectivity index (χ0n) is 7.16. The molecular formula is C9H5Cl3O2. The Bertz CT molecular complexity index is 440. The molecule has 2 rings (SSSR count). The summed E-state index contributed by atoms with van der Waals surface area (Å²) in [6, 6.07) is 0. The fourth-order valence-corrected chi connectivity index (χ4v) is 2.21. The third-order valence-electron chi connectivity index (χ3n) is 2.19. The summed E-state index contributed by atoms with van der Waals surface area (Å²) in [5.41, 5.74) is 1.53. The largest absolute Gasteiger partial charge is 0.457 e. The van der Waals surface area contributed by atoms with Crippen LogP contribution in [0, 0.1) is 6.92 Å². The van der Waals surface area contributed by atoms with E-state index < -0.39 is 5.97 Å². The number of cyclic esters (lactones) is 1. The van der Waals surface area contributed by atoms with Crippen LogP contribution in [0.4, 0.5) is 0 Å². The second-order valence-corrected chi connectivity index (χ2v) is 4.13. The van der Waals surface area contributed by atoms with E-state index in [9.17, 15) is 4.79 Å². The highest BCUT2D eigenvalue weighted by Crippen LogP contribution is 2.40. The van der Waals surface area contributed by atoms with E-state index in [1.807, 2.05) is 0 Å². The Morgan fingerprint density at radius 1 is 1.14 bits per heavy atom. The van der Waals surface area contributed by atoms with Crippen LogP contribution in [0.1, 0.15) is 21.5 Å². The summed E-state index contributed by atoms with van der Waals surface area (Å²) in [6.45, 7) is 1.86. The number of rotatable bonds is 0. The molecule has 1 aromatic rings. The molecule has 0 saturated heterocycles. The number of halogens is 3. The second-order valence-electron chi connectivity index (χ2n) is 3.00. The van der Waals surface area contributed by atoms with Crippen molar-refractivity contribution in [3.63, 3.8) is 0 Å². The Kier molecular flexibility index (Phi) is 2.38. The van der Waals surface area contributed by atoms with Crippen LogP contribution in [0.15, 0.2) is 0 Å². The minimum atomic E-state index is -0.438. The van der Waals surface area contributed by atoms with E-state index in [1.54, 1.807) is 6.92 Å². The number of hydrogen-bond acceptors (Lipinski definition) is 2. The fourth-order valence-electron chi connectivity index (χ4n) is 1.38. The van der Waals surface area contributed by atoms with Crippen LogP contribution >= 0.6 is 34.8 Å². The molecule has 0 unspecified atom stereocenters. The Morgan fingerprint density at radius 3 is 2.43 bits per heavy atom. The lowest BCUT2D eigenvalue weighted by atomic mass is 10.1. The Hall–Kier alpha value is -0.440. The summed E-state index contributed by atoms with van der Waals surface area (Å²) < 4.78 is 4.83. The first kappa shape index (κ1) is 10.1. The lowest BCUT2D eigenvalue weighted by Crippen LogP contribution is -1.97. The van der Waals surface area contributed by atoms with Crippen LogP contribution < -0.4 is 0 Å². The van der Waals surface area contributed by atoms with Gasteiger partial charge in [-0.05, 0) is 12.5 Å². The molecule has 1 aliphatic rings. The number of hydrogen-bond donors (Lipinski definition) is 0. The van der Waals surface area contributed by atoms with Gasteiger partial charge in [-0.15, -0.1) is 0 Å². The number of esters is 1. The summed E-state index contributed by atoms with van der Waals surface area (Å²) >= 11 is 17.9. The third kappa shape index (κ3) is 1.22. The minimum absolute atomic E-state index is 0.146. The van der Waals surface area contributed by atoms with Crippen molar-refractivity contribution in [2.24, 2.45) is 0 Å². The van der Waals surface area contributed by atoms with Crippen molar-refractivity contribution in [1.82, 2.24) is 0 Å². The van der Waals surface area contributed by atoms with Crippen molar-refractivity contribution in [3.8, 4) is 0 Å². The van der Waals surface area contributed by atoms with Gasteiger partial charge in [-0.25, -0.2) is 4.79 Å². The van der Waals surface area contributed by atoms with Crippen LogP contribution in [-0.2, 0) is 11.3 Å². The maximum absolute atomic E-state index is 11.3. The molecular weight excluding hydrogens is 246 g/mol. The molecule has 0 spiro atoms.